The maximum atomic E-state index is 12.7. The quantitative estimate of drug-likeness (QED) is 0.577. The van der Waals surface area contributed by atoms with Gasteiger partial charge in [0.25, 0.3) is 0 Å². The van der Waals surface area contributed by atoms with E-state index in [-0.39, 0.29) is 12.1 Å². The molecular formula is C21H22N8OS. The van der Waals surface area contributed by atoms with Gasteiger partial charge in [0, 0.05) is 54.4 Å². The molecule has 2 atom stereocenters. The molecule has 3 aliphatic rings. The summed E-state index contributed by atoms with van der Waals surface area (Å²) in [7, 11) is 0. The molecule has 9 nitrogen and oxygen atoms in total. The molecule has 3 fully saturated rings. The van der Waals surface area contributed by atoms with Crippen LogP contribution in [0.15, 0.2) is 18.5 Å². The topological polar surface area (TPSA) is 123 Å². The molecule has 1 aliphatic heterocycles. The number of hydrogen-bond donors (Lipinski definition) is 3. The summed E-state index contributed by atoms with van der Waals surface area (Å²) in [5, 5.41) is 17.6. The van der Waals surface area contributed by atoms with E-state index in [2.05, 4.69) is 36.0 Å². The van der Waals surface area contributed by atoms with E-state index in [1.165, 1.54) is 11.5 Å². The van der Waals surface area contributed by atoms with Crippen molar-refractivity contribution in [3.63, 3.8) is 0 Å². The number of aromatic amines is 1. The van der Waals surface area contributed by atoms with Gasteiger partial charge >= 0.3 is 6.03 Å². The lowest BCUT2D eigenvalue weighted by molar-refractivity contribution is 0.218. The van der Waals surface area contributed by atoms with Gasteiger partial charge in [-0.15, -0.1) is 0 Å². The van der Waals surface area contributed by atoms with Crippen LogP contribution in [-0.2, 0) is 0 Å². The molecule has 3 N–H and O–H groups in total. The molecule has 0 aromatic carbocycles. The minimum absolute atomic E-state index is 0.0765. The highest BCUT2D eigenvalue weighted by Gasteiger charge is 2.42. The monoisotopic (exact) mass is 434 g/mol. The van der Waals surface area contributed by atoms with Crippen LogP contribution in [0.3, 0.4) is 0 Å². The zero-order valence-corrected chi connectivity index (χ0v) is 17.7. The van der Waals surface area contributed by atoms with E-state index >= 15 is 0 Å². The zero-order valence-electron chi connectivity index (χ0n) is 16.8. The van der Waals surface area contributed by atoms with Gasteiger partial charge in [-0.1, -0.05) is 0 Å². The van der Waals surface area contributed by atoms with Gasteiger partial charge in [0.05, 0.1) is 11.3 Å². The van der Waals surface area contributed by atoms with E-state index in [4.69, 9.17) is 0 Å². The number of urea groups is 1. The Morgan fingerprint density at radius 1 is 1.29 bits per heavy atom. The molecule has 2 unspecified atom stereocenters. The molecule has 0 bridgehead atoms. The van der Waals surface area contributed by atoms with Gasteiger partial charge < -0.3 is 15.2 Å². The molecule has 2 aliphatic carbocycles. The highest BCUT2D eigenvalue weighted by Crippen LogP contribution is 2.41. The number of anilines is 2. The molecule has 10 heteroatoms. The fourth-order valence-corrected chi connectivity index (χ4v) is 5.64. The summed E-state index contributed by atoms with van der Waals surface area (Å²) in [5.41, 5.74) is 2.20. The maximum absolute atomic E-state index is 12.7. The molecule has 1 saturated heterocycles. The van der Waals surface area contributed by atoms with Crippen molar-refractivity contribution in [3.05, 3.63) is 29.8 Å². The van der Waals surface area contributed by atoms with Gasteiger partial charge in [-0.3, -0.25) is 5.32 Å². The summed E-state index contributed by atoms with van der Waals surface area (Å²) in [6, 6.07) is 4.42. The fraction of sp³-hybridized carbons (Fsp3) is 0.476. The van der Waals surface area contributed by atoms with E-state index in [9.17, 15) is 10.1 Å². The van der Waals surface area contributed by atoms with Gasteiger partial charge in [-0.2, -0.15) is 9.64 Å². The average molecular weight is 435 g/mol. The normalized spacial score (nSPS) is 24.9. The second-order valence-electron chi connectivity index (χ2n) is 8.80. The molecule has 158 valence electrons. The lowest BCUT2D eigenvalue weighted by Gasteiger charge is -2.21. The minimum Gasteiger partial charge on any atom is -0.381 e. The Kier molecular flexibility index (Phi) is 4.31. The average Bonchev–Trinajstić information content (AvgIpc) is 3.13. The summed E-state index contributed by atoms with van der Waals surface area (Å²) in [6.07, 6.45) is 7.73. The number of pyridine rings is 1. The molecule has 31 heavy (non-hydrogen) atoms. The van der Waals surface area contributed by atoms with Gasteiger partial charge in [0.15, 0.2) is 0 Å². The Balaban J connectivity index is 1.09. The first-order valence-corrected chi connectivity index (χ1v) is 11.5. The number of likely N-dealkylation sites (tertiary alicyclic amines) is 1. The molecule has 4 heterocycles. The third kappa shape index (κ3) is 3.39. The van der Waals surface area contributed by atoms with Crippen LogP contribution >= 0.6 is 11.5 Å². The SMILES string of the molecule is N#Cc1cnc2[nH]ccc2c1NC1CC2CN(C(=O)Nc3nc(C4CC4)ns3)CC2C1. The van der Waals surface area contributed by atoms with E-state index in [1.807, 2.05) is 17.2 Å². The van der Waals surface area contributed by atoms with Crippen LogP contribution in [0.25, 0.3) is 11.0 Å². The first-order chi connectivity index (χ1) is 15.2. The molecule has 3 aromatic heterocycles. The second-order valence-corrected chi connectivity index (χ2v) is 9.55. The minimum atomic E-state index is -0.0765. The number of nitrogens with zero attached hydrogens (tertiary/aromatic N) is 5. The van der Waals surface area contributed by atoms with Crippen LogP contribution < -0.4 is 10.6 Å². The highest BCUT2D eigenvalue weighted by atomic mass is 32.1. The van der Waals surface area contributed by atoms with Crippen LogP contribution in [0.2, 0.25) is 0 Å². The number of aromatic nitrogens is 4. The standard InChI is InChI=1S/C21H22N8OS/c22-7-14-8-24-19-16(3-4-23-19)17(14)25-15-5-12-9-29(10-13(12)6-15)21(30)27-20-26-18(28-31-20)11-1-2-11/h3-4,8,11-13,15H,1-2,5-6,9-10H2,(H2,23,24,25)(H,26,27,28,30). The van der Waals surface area contributed by atoms with Gasteiger partial charge in [0.2, 0.25) is 5.13 Å². The molecule has 3 aromatic rings. The van der Waals surface area contributed by atoms with Crippen LogP contribution in [0.5, 0.6) is 0 Å². The van der Waals surface area contributed by atoms with Gasteiger partial charge in [0.1, 0.15) is 17.5 Å². The third-order valence-corrected chi connectivity index (χ3v) is 7.34. The summed E-state index contributed by atoms with van der Waals surface area (Å²) in [6.45, 7) is 1.51. The molecule has 6 rings (SSSR count). The van der Waals surface area contributed by atoms with E-state index in [0.29, 0.717) is 28.4 Å². The van der Waals surface area contributed by atoms with Crippen molar-refractivity contribution >= 4 is 39.4 Å². The van der Waals surface area contributed by atoms with E-state index in [0.717, 1.165) is 61.3 Å². The van der Waals surface area contributed by atoms with Crippen molar-refractivity contribution in [2.24, 2.45) is 11.8 Å². The van der Waals surface area contributed by atoms with E-state index in [1.54, 1.807) is 6.20 Å². The number of nitrogens with one attached hydrogen (secondary N) is 3. The van der Waals surface area contributed by atoms with Crippen molar-refractivity contribution in [2.75, 3.05) is 23.7 Å². The Labute approximate surface area is 183 Å². The van der Waals surface area contributed by atoms with Gasteiger partial charge in [-0.05, 0) is 43.6 Å². The maximum Gasteiger partial charge on any atom is 0.323 e. The fourth-order valence-electron chi connectivity index (χ4n) is 5.00. The molecule has 0 radical (unpaired) electrons. The predicted molar refractivity (Wildman–Crippen MR) is 117 cm³/mol. The Hall–Kier alpha value is -3.19. The first kappa shape index (κ1) is 18.6. The van der Waals surface area contributed by atoms with Crippen LogP contribution in [0.4, 0.5) is 15.6 Å². The number of fused-ring (bicyclic) bond motifs is 2. The summed E-state index contributed by atoms with van der Waals surface area (Å²) in [5.74, 6) is 2.30. The van der Waals surface area contributed by atoms with Crippen molar-refractivity contribution in [3.8, 4) is 6.07 Å². The number of rotatable bonds is 4. The third-order valence-electron chi connectivity index (χ3n) is 6.69. The highest BCUT2D eigenvalue weighted by molar-refractivity contribution is 7.09. The van der Waals surface area contributed by atoms with Crippen molar-refractivity contribution in [1.29, 1.82) is 5.26 Å². The molecule has 2 amide bonds. The van der Waals surface area contributed by atoms with Crippen LogP contribution in [0.1, 0.15) is 43.0 Å². The number of carbonyl (C=O) groups is 1. The lowest BCUT2D eigenvalue weighted by Crippen LogP contribution is -2.34. The Morgan fingerprint density at radius 3 is 2.84 bits per heavy atom. The number of amides is 2. The second kappa shape index (κ2) is 7.20. The lowest BCUT2D eigenvalue weighted by atomic mass is 10.0. The smallest absolute Gasteiger partial charge is 0.323 e. The number of carbonyl (C=O) groups excluding carboxylic acids is 1. The van der Waals surface area contributed by atoms with E-state index < -0.39 is 0 Å². The Bertz CT molecular complexity index is 1180. The predicted octanol–water partition coefficient (Wildman–Crippen LogP) is 3.52. The zero-order chi connectivity index (χ0) is 20.9. The number of hydrogen-bond acceptors (Lipinski definition) is 7. The van der Waals surface area contributed by atoms with Crippen molar-refractivity contribution in [1.82, 2.24) is 24.2 Å². The first-order valence-electron chi connectivity index (χ1n) is 10.7. The Morgan fingerprint density at radius 2 is 2.10 bits per heavy atom. The van der Waals surface area contributed by atoms with Crippen molar-refractivity contribution < 1.29 is 4.79 Å². The summed E-state index contributed by atoms with van der Waals surface area (Å²) >= 11 is 1.27. The van der Waals surface area contributed by atoms with Gasteiger partial charge in [-0.25, -0.2) is 14.8 Å². The van der Waals surface area contributed by atoms with Crippen LogP contribution in [0, 0.1) is 23.2 Å². The number of nitriles is 1. The van der Waals surface area contributed by atoms with Crippen molar-refractivity contribution in [2.45, 2.75) is 37.6 Å². The molecule has 0 spiro atoms. The largest absolute Gasteiger partial charge is 0.381 e. The number of H-pyrrole nitrogens is 1. The molecule has 2 saturated carbocycles. The molecular weight excluding hydrogens is 412 g/mol. The summed E-state index contributed by atoms with van der Waals surface area (Å²) < 4.78 is 4.36. The summed E-state index contributed by atoms with van der Waals surface area (Å²) in [4.78, 5) is 26.5. The van der Waals surface area contributed by atoms with Crippen LogP contribution in [-0.4, -0.2) is 49.4 Å².